The molecule has 0 atom stereocenters. The van der Waals surface area contributed by atoms with Gasteiger partial charge in [0.1, 0.15) is 22.6 Å². The van der Waals surface area contributed by atoms with Crippen LogP contribution >= 0.6 is 0 Å². The van der Waals surface area contributed by atoms with Crippen LogP contribution in [0.25, 0.3) is 12.2 Å². The number of hydrogen-bond acceptors (Lipinski definition) is 14. The van der Waals surface area contributed by atoms with Crippen LogP contribution in [0.4, 0.5) is 11.4 Å². The lowest BCUT2D eigenvalue weighted by Gasteiger charge is -2.10. The molecule has 6 aromatic rings. The number of benzene rings is 6. The molecule has 14 nitrogen and oxygen atoms in total. The topological polar surface area (TPSA) is 183 Å². The first kappa shape index (κ1) is 95.8. The van der Waals surface area contributed by atoms with Crippen LogP contribution < -0.4 is 9.47 Å². The molecule has 0 aromatic heterocycles. The Hall–Kier alpha value is -9.04. The van der Waals surface area contributed by atoms with Crippen LogP contribution in [0.15, 0.2) is 167 Å². The third kappa shape index (κ3) is 43.2. The van der Waals surface area contributed by atoms with E-state index in [4.69, 9.17) is 28.4 Å². The molecule has 0 spiro atoms. The van der Waals surface area contributed by atoms with Crippen molar-refractivity contribution in [3.8, 4) is 11.5 Å². The molecular formula is C102H140N2O12. The van der Waals surface area contributed by atoms with Gasteiger partial charge in [0.05, 0.1) is 48.9 Å². The zero-order valence-electron chi connectivity index (χ0n) is 71.3. The van der Waals surface area contributed by atoms with Gasteiger partial charge in [0, 0.05) is 12.4 Å². The molecule has 0 aliphatic heterocycles. The smallest absolute Gasteiger partial charge is 0.345 e. The highest BCUT2D eigenvalue weighted by molar-refractivity contribution is 6.18. The lowest BCUT2D eigenvalue weighted by atomic mass is 10.0. The second kappa shape index (κ2) is 62.2. The van der Waals surface area contributed by atoms with Crippen LogP contribution in [0.1, 0.15) is 364 Å². The van der Waals surface area contributed by atoms with Crippen LogP contribution in [0.5, 0.6) is 11.5 Å². The Kier molecular flexibility index (Phi) is 51.4. The molecule has 0 fully saturated rings. The summed E-state index contributed by atoms with van der Waals surface area (Å²) in [6.07, 6.45) is 60.1. The van der Waals surface area contributed by atoms with Gasteiger partial charge in [0.15, 0.2) is 0 Å². The standard InChI is InChI=1S/C102H140N2O12/c1-5-9-13-17-21-25-29-33-37-41-45-75-111-99(107)95(100(108)112-76-46-42-38-34-30-26-22-18-14-10-6-2)79-85-51-63-89(64-52-85)97(105)115-93-71-59-87(60-72-93)81-103-91-67-55-83(56-68-91)49-50-84-57-69-92(70-58-84)104-82-88-61-73-94(74-62-88)116-98(106)90-65-53-86(54-66-90)80-96(101(109)113-77-47-43-39-35-31-27-23-19-15-11-7-3)102(110)114-78-48-44-40-36-32-28-24-20-16-12-8-4/h51-74,79-82H,5-50,75-78H2,1-4H3. The first-order valence-corrected chi connectivity index (χ1v) is 45.2. The number of ether oxygens (including phenoxy) is 6. The Labute approximate surface area is 697 Å². The van der Waals surface area contributed by atoms with E-state index in [9.17, 15) is 28.8 Å². The fourth-order valence-electron chi connectivity index (χ4n) is 13.9. The first-order valence-electron chi connectivity index (χ1n) is 45.2. The van der Waals surface area contributed by atoms with Crippen LogP contribution in [-0.2, 0) is 51.0 Å². The van der Waals surface area contributed by atoms with Gasteiger partial charge in [-0.25, -0.2) is 28.8 Å². The minimum atomic E-state index is -0.707. The van der Waals surface area contributed by atoms with E-state index in [-0.39, 0.29) is 37.6 Å². The summed E-state index contributed by atoms with van der Waals surface area (Å²) in [6.45, 7) is 9.89. The van der Waals surface area contributed by atoms with E-state index in [0.717, 1.165) is 112 Å². The monoisotopic (exact) mass is 1590 g/mol. The summed E-state index contributed by atoms with van der Waals surface area (Å²) in [7, 11) is 0. The Bertz CT molecular complexity index is 3450. The number of carbonyl (C=O) groups is 6. The fraction of sp³-hybridized carbons (Fsp3) is 0.529. The fourth-order valence-corrected chi connectivity index (χ4v) is 13.9. The van der Waals surface area contributed by atoms with Crippen molar-refractivity contribution in [1.82, 2.24) is 0 Å². The third-order valence-corrected chi connectivity index (χ3v) is 21.2. The average Bonchev–Trinajstić information content (AvgIpc) is 0.856. The number of esters is 6. The molecule has 0 saturated heterocycles. The molecule has 0 saturated carbocycles. The lowest BCUT2D eigenvalue weighted by molar-refractivity contribution is -0.148. The van der Waals surface area contributed by atoms with Gasteiger partial charge in [0.25, 0.3) is 0 Å². The maximum Gasteiger partial charge on any atom is 0.345 e. The van der Waals surface area contributed by atoms with Crippen molar-refractivity contribution in [2.24, 2.45) is 9.98 Å². The van der Waals surface area contributed by atoms with Crippen LogP contribution in [0.3, 0.4) is 0 Å². The second-order valence-corrected chi connectivity index (χ2v) is 31.3. The van der Waals surface area contributed by atoms with E-state index in [1.165, 1.54) is 229 Å². The Morgan fingerprint density at radius 3 is 0.698 bits per heavy atom. The quantitative estimate of drug-likeness (QED) is 0.00516. The van der Waals surface area contributed by atoms with E-state index in [1.54, 1.807) is 85.2 Å². The molecule has 0 N–H and O–H groups in total. The summed E-state index contributed by atoms with van der Waals surface area (Å²) in [4.78, 5) is 89.9. The van der Waals surface area contributed by atoms with Crippen LogP contribution in [0, 0.1) is 0 Å². The summed E-state index contributed by atoms with van der Waals surface area (Å²) in [5, 5.41) is 0. The zero-order chi connectivity index (χ0) is 82.4. The molecule has 0 amide bonds. The van der Waals surface area contributed by atoms with E-state index in [0.29, 0.717) is 33.8 Å². The number of carbonyl (C=O) groups excluding carboxylic acids is 6. The molecule has 6 rings (SSSR count). The number of unbranched alkanes of at least 4 members (excludes halogenated alkanes) is 40. The first-order chi connectivity index (χ1) is 56.9. The number of hydrogen-bond donors (Lipinski definition) is 0. The van der Waals surface area contributed by atoms with Gasteiger partial charge in [0.2, 0.25) is 0 Å². The highest BCUT2D eigenvalue weighted by Crippen LogP contribution is 2.25. The summed E-state index contributed by atoms with van der Waals surface area (Å²) >= 11 is 0. The molecule has 0 unspecified atom stereocenters. The van der Waals surface area contributed by atoms with Gasteiger partial charge >= 0.3 is 35.8 Å². The van der Waals surface area contributed by atoms with Crippen molar-refractivity contribution < 1.29 is 57.2 Å². The molecule has 0 radical (unpaired) electrons. The summed E-state index contributed by atoms with van der Waals surface area (Å²) in [5.74, 6) is -3.19. The largest absolute Gasteiger partial charge is 0.462 e. The molecule has 0 aliphatic rings. The van der Waals surface area contributed by atoms with Crippen molar-refractivity contribution in [1.29, 1.82) is 0 Å². The summed E-state index contributed by atoms with van der Waals surface area (Å²) < 4.78 is 34.0. The zero-order valence-corrected chi connectivity index (χ0v) is 71.3. The second-order valence-electron chi connectivity index (χ2n) is 31.3. The van der Waals surface area contributed by atoms with Crippen molar-refractivity contribution >= 4 is 71.8 Å². The minimum absolute atomic E-state index is 0.166. The number of nitrogens with zero attached hydrogens (tertiary/aromatic N) is 2. The molecule has 116 heavy (non-hydrogen) atoms. The minimum Gasteiger partial charge on any atom is -0.462 e. The number of rotatable bonds is 65. The van der Waals surface area contributed by atoms with E-state index in [2.05, 4.69) is 61.9 Å². The van der Waals surface area contributed by atoms with E-state index >= 15 is 0 Å². The van der Waals surface area contributed by atoms with Crippen molar-refractivity contribution in [3.05, 3.63) is 201 Å². The third-order valence-electron chi connectivity index (χ3n) is 21.2. The molecule has 14 heteroatoms. The predicted molar refractivity (Wildman–Crippen MR) is 476 cm³/mol. The van der Waals surface area contributed by atoms with Crippen LogP contribution in [-0.4, -0.2) is 74.7 Å². The maximum absolute atomic E-state index is 13.5. The molecule has 6 aromatic carbocycles. The Morgan fingerprint density at radius 2 is 0.466 bits per heavy atom. The van der Waals surface area contributed by atoms with Crippen LogP contribution in [0.2, 0.25) is 0 Å². The highest BCUT2D eigenvalue weighted by atomic mass is 16.6. The molecule has 0 bridgehead atoms. The molecule has 630 valence electrons. The number of aryl methyl sites for hydroxylation is 2. The van der Waals surface area contributed by atoms with Crippen molar-refractivity contribution in [2.45, 2.75) is 323 Å². The Balaban J connectivity index is 0.911. The van der Waals surface area contributed by atoms with Gasteiger partial charge in [-0.3, -0.25) is 9.98 Å². The van der Waals surface area contributed by atoms with E-state index < -0.39 is 35.8 Å². The number of aliphatic imine (C=N–C) groups is 2. The highest BCUT2D eigenvalue weighted by Gasteiger charge is 2.24. The van der Waals surface area contributed by atoms with Gasteiger partial charge in [-0.05, 0) is 181 Å². The van der Waals surface area contributed by atoms with Gasteiger partial charge in [-0.15, -0.1) is 0 Å². The van der Waals surface area contributed by atoms with Gasteiger partial charge in [-0.2, -0.15) is 0 Å². The van der Waals surface area contributed by atoms with Gasteiger partial charge < -0.3 is 28.4 Å². The predicted octanol–water partition coefficient (Wildman–Crippen LogP) is 27.6. The SMILES string of the molecule is CCCCCCCCCCCCCOC(=O)C(=Cc1ccc(C(=O)Oc2ccc(C=Nc3ccc(CCc4ccc(N=Cc5ccc(OC(=O)c6ccc(C=C(C(=O)OCCCCCCCCCCCCC)C(=O)OCCCCCCCCCCCCC)cc6)cc5)cc4)cc3)cc2)cc1)C(=O)OCCCCCCCCCCCCC. The molecular weight excluding hydrogens is 1450 g/mol. The van der Waals surface area contributed by atoms with Gasteiger partial charge in [-0.1, -0.05) is 333 Å². The summed E-state index contributed by atoms with van der Waals surface area (Å²) in [5.41, 5.74) is 7.01. The average molecular weight is 1590 g/mol. The van der Waals surface area contributed by atoms with Crippen molar-refractivity contribution in [3.63, 3.8) is 0 Å². The van der Waals surface area contributed by atoms with E-state index in [1.807, 2.05) is 48.5 Å². The molecule has 0 heterocycles. The maximum atomic E-state index is 13.5. The van der Waals surface area contributed by atoms with Crippen molar-refractivity contribution in [2.75, 3.05) is 26.4 Å². The summed E-state index contributed by atoms with van der Waals surface area (Å²) in [6, 6.07) is 43.7. The normalized spacial score (nSPS) is 11.2. The lowest BCUT2D eigenvalue weighted by Crippen LogP contribution is -2.19. The molecule has 0 aliphatic carbocycles. The Morgan fingerprint density at radius 1 is 0.250 bits per heavy atom.